The fourth-order valence-electron chi connectivity index (χ4n) is 1.70. The molecule has 1 heterocycles. The van der Waals surface area contributed by atoms with E-state index in [1.54, 1.807) is 18.3 Å². The summed E-state index contributed by atoms with van der Waals surface area (Å²) in [6.07, 6.45) is 4.73. The summed E-state index contributed by atoms with van der Waals surface area (Å²) < 4.78 is 12.8. The van der Waals surface area contributed by atoms with Gasteiger partial charge in [0.05, 0.1) is 11.9 Å². The predicted molar refractivity (Wildman–Crippen MR) is 66.0 cm³/mol. The second-order valence-electron chi connectivity index (χ2n) is 4.00. The summed E-state index contributed by atoms with van der Waals surface area (Å²) in [5, 5.41) is 0. The van der Waals surface area contributed by atoms with Gasteiger partial charge in [0.25, 0.3) is 0 Å². The molecule has 90 valence electrons. The molecule has 4 heteroatoms. The van der Waals surface area contributed by atoms with Gasteiger partial charge in [-0.15, -0.1) is 0 Å². The molecular formula is C13H16FN3. The van der Waals surface area contributed by atoms with Crippen molar-refractivity contribution in [2.45, 2.75) is 19.3 Å². The summed E-state index contributed by atoms with van der Waals surface area (Å²) in [7, 11) is 0. The van der Waals surface area contributed by atoms with Gasteiger partial charge >= 0.3 is 0 Å². The molecule has 0 saturated carbocycles. The van der Waals surface area contributed by atoms with Crippen LogP contribution in [-0.4, -0.2) is 16.5 Å². The van der Waals surface area contributed by atoms with E-state index in [1.807, 2.05) is 0 Å². The van der Waals surface area contributed by atoms with Crippen molar-refractivity contribution in [1.29, 1.82) is 0 Å². The number of halogens is 1. The number of aryl methyl sites for hydroxylation is 1. The Morgan fingerprint density at radius 3 is 2.65 bits per heavy atom. The predicted octanol–water partition coefficient (Wildman–Crippen LogP) is 2.50. The molecule has 2 rings (SSSR count). The number of unbranched alkanes of at least 4 members (excludes halogenated alkanes) is 1. The smallest absolute Gasteiger partial charge is 0.123 e. The quantitative estimate of drug-likeness (QED) is 0.779. The minimum Gasteiger partial charge on any atom is -0.342 e. The second-order valence-corrected chi connectivity index (χ2v) is 4.00. The molecule has 17 heavy (non-hydrogen) atoms. The average Bonchev–Trinajstić information content (AvgIpc) is 2.79. The van der Waals surface area contributed by atoms with Gasteiger partial charge in [0.1, 0.15) is 11.6 Å². The van der Waals surface area contributed by atoms with Crippen molar-refractivity contribution >= 4 is 0 Å². The third kappa shape index (κ3) is 3.14. The van der Waals surface area contributed by atoms with Gasteiger partial charge < -0.3 is 10.7 Å². The van der Waals surface area contributed by atoms with Crippen LogP contribution in [0, 0.1) is 5.82 Å². The summed E-state index contributed by atoms with van der Waals surface area (Å²) in [5.41, 5.74) is 7.31. The number of benzene rings is 1. The highest BCUT2D eigenvalue weighted by Gasteiger charge is 2.03. The van der Waals surface area contributed by atoms with Crippen LogP contribution in [0.2, 0.25) is 0 Å². The molecule has 3 N–H and O–H groups in total. The second kappa shape index (κ2) is 5.59. The molecule has 0 spiro atoms. The molecule has 0 saturated heterocycles. The van der Waals surface area contributed by atoms with Crippen LogP contribution < -0.4 is 5.73 Å². The Morgan fingerprint density at radius 2 is 1.94 bits per heavy atom. The number of rotatable bonds is 5. The first-order valence-electron chi connectivity index (χ1n) is 5.79. The maximum absolute atomic E-state index is 12.8. The van der Waals surface area contributed by atoms with Crippen molar-refractivity contribution in [2.75, 3.05) is 6.54 Å². The number of nitrogens with zero attached hydrogens (tertiary/aromatic N) is 1. The van der Waals surface area contributed by atoms with E-state index in [-0.39, 0.29) is 5.82 Å². The molecule has 1 aromatic heterocycles. The number of nitrogens with one attached hydrogen (secondary N) is 1. The first kappa shape index (κ1) is 11.8. The molecule has 1 aromatic carbocycles. The molecule has 3 nitrogen and oxygen atoms in total. The summed E-state index contributed by atoms with van der Waals surface area (Å²) in [4.78, 5) is 7.53. The van der Waals surface area contributed by atoms with E-state index >= 15 is 0 Å². The monoisotopic (exact) mass is 233 g/mol. The van der Waals surface area contributed by atoms with Crippen LogP contribution >= 0.6 is 0 Å². The van der Waals surface area contributed by atoms with Crippen LogP contribution in [0.5, 0.6) is 0 Å². The maximum Gasteiger partial charge on any atom is 0.123 e. The molecule has 2 aromatic rings. The first-order chi connectivity index (χ1) is 8.29. The van der Waals surface area contributed by atoms with E-state index in [2.05, 4.69) is 9.97 Å². The molecule has 0 fully saturated rings. The van der Waals surface area contributed by atoms with Gasteiger partial charge in [-0.1, -0.05) is 0 Å². The van der Waals surface area contributed by atoms with Gasteiger partial charge in [0, 0.05) is 6.42 Å². The molecule has 0 aliphatic heterocycles. The van der Waals surface area contributed by atoms with Crippen molar-refractivity contribution in [2.24, 2.45) is 5.73 Å². The molecule has 0 amide bonds. The lowest BCUT2D eigenvalue weighted by Gasteiger charge is -1.97. The van der Waals surface area contributed by atoms with Crippen molar-refractivity contribution in [3.63, 3.8) is 0 Å². The lowest BCUT2D eigenvalue weighted by molar-refractivity contribution is 0.628. The third-order valence-corrected chi connectivity index (χ3v) is 2.65. The lowest BCUT2D eigenvalue weighted by atomic mass is 10.2. The number of hydrogen-bond donors (Lipinski definition) is 2. The van der Waals surface area contributed by atoms with Gasteiger partial charge in [-0.3, -0.25) is 0 Å². The molecule has 0 radical (unpaired) electrons. The zero-order valence-corrected chi connectivity index (χ0v) is 9.62. The number of nitrogens with two attached hydrogens (primary N) is 1. The standard InChI is InChI=1S/C13H16FN3/c14-11-6-4-10(5-7-11)12-9-16-13(17-12)3-1-2-8-15/h4-7,9H,1-3,8,15H2,(H,16,17). The zero-order valence-electron chi connectivity index (χ0n) is 9.62. The van der Waals surface area contributed by atoms with Crippen molar-refractivity contribution in [3.05, 3.63) is 42.1 Å². The fourth-order valence-corrected chi connectivity index (χ4v) is 1.70. The average molecular weight is 233 g/mol. The van der Waals surface area contributed by atoms with Crippen LogP contribution in [0.25, 0.3) is 11.3 Å². The fraction of sp³-hybridized carbons (Fsp3) is 0.308. The molecular weight excluding hydrogens is 217 g/mol. The van der Waals surface area contributed by atoms with Gasteiger partial charge in [-0.2, -0.15) is 0 Å². The Balaban J connectivity index is 2.04. The number of aromatic nitrogens is 2. The van der Waals surface area contributed by atoms with E-state index in [0.717, 1.165) is 36.3 Å². The van der Waals surface area contributed by atoms with E-state index in [4.69, 9.17) is 5.73 Å². The molecule has 0 atom stereocenters. The minimum atomic E-state index is -0.226. The van der Waals surface area contributed by atoms with Crippen LogP contribution in [0.3, 0.4) is 0 Å². The Morgan fingerprint density at radius 1 is 1.18 bits per heavy atom. The van der Waals surface area contributed by atoms with E-state index in [0.29, 0.717) is 6.54 Å². The lowest BCUT2D eigenvalue weighted by Crippen LogP contribution is -1.99. The molecule has 0 unspecified atom stereocenters. The summed E-state index contributed by atoms with van der Waals surface area (Å²) in [5.74, 6) is 0.731. The highest BCUT2D eigenvalue weighted by molar-refractivity contribution is 5.58. The number of H-pyrrole nitrogens is 1. The van der Waals surface area contributed by atoms with E-state index in [9.17, 15) is 4.39 Å². The van der Waals surface area contributed by atoms with Crippen molar-refractivity contribution < 1.29 is 4.39 Å². The zero-order chi connectivity index (χ0) is 12.1. The third-order valence-electron chi connectivity index (χ3n) is 2.65. The van der Waals surface area contributed by atoms with Crippen LogP contribution in [0.4, 0.5) is 4.39 Å². The van der Waals surface area contributed by atoms with Crippen molar-refractivity contribution in [3.8, 4) is 11.3 Å². The minimum absolute atomic E-state index is 0.226. The van der Waals surface area contributed by atoms with Gasteiger partial charge in [-0.05, 0) is 49.2 Å². The normalized spacial score (nSPS) is 10.7. The highest BCUT2D eigenvalue weighted by atomic mass is 19.1. The highest BCUT2D eigenvalue weighted by Crippen LogP contribution is 2.17. The number of imidazole rings is 1. The number of hydrogen-bond acceptors (Lipinski definition) is 2. The Bertz CT molecular complexity index is 462. The van der Waals surface area contributed by atoms with Crippen LogP contribution in [-0.2, 0) is 6.42 Å². The van der Waals surface area contributed by atoms with Gasteiger partial charge in [0.15, 0.2) is 0 Å². The maximum atomic E-state index is 12.8. The summed E-state index contributed by atoms with van der Waals surface area (Å²) in [6, 6.07) is 6.38. The summed E-state index contributed by atoms with van der Waals surface area (Å²) >= 11 is 0. The first-order valence-corrected chi connectivity index (χ1v) is 5.79. The molecule has 0 bridgehead atoms. The Hall–Kier alpha value is -1.68. The van der Waals surface area contributed by atoms with Crippen molar-refractivity contribution in [1.82, 2.24) is 9.97 Å². The van der Waals surface area contributed by atoms with Gasteiger partial charge in [0.2, 0.25) is 0 Å². The van der Waals surface area contributed by atoms with E-state index in [1.165, 1.54) is 12.1 Å². The molecule has 0 aliphatic carbocycles. The Labute approximate surface area is 99.9 Å². The van der Waals surface area contributed by atoms with Gasteiger partial charge in [-0.25, -0.2) is 9.37 Å². The largest absolute Gasteiger partial charge is 0.342 e. The van der Waals surface area contributed by atoms with E-state index < -0.39 is 0 Å². The topological polar surface area (TPSA) is 54.7 Å². The van der Waals surface area contributed by atoms with Crippen LogP contribution in [0.15, 0.2) is 30.5 Å². The number of aromatic amines is 1. The SMILES string of the molecule is NCCCCc1ncc(-c2ccc(F)cc2)[nH]1. The Kier molecular flexibility index (Phi) is 3.88. The molecule has 0 aliphatic rings. The summed E-state index contributed by atoms with van der Waals surface area (Å²) in [6.45, 7) is 0.714. The van der Waals surface area contributed by atoms with Crippen LogP contribution in [0.1, 0.15) is 18.7 Å².